The molecule has 24 heavy (non-hydrogen) atoms. The molecular formula is C16H14ClN5O2. The van der Waals surface area contributed by atoms with Crippen molar-refractivity contribution in [3.05, 3.63) is 69.6 Å². The highest BCUT2D eigenvalue weighted by atomic mass is 35.5. The lowest BCUT2D eigenvalue weighted by molar-refractivity contribution is -0.385. The third-order valence-corrected chi connectivity index (χ3v) is 3.75. The molecule has 0 amide bonds. The Morgan fingerprint density at radius 3 is 2.79 bits per heavy atom. The van der Waals surface area contributed by atoms with Gasteiger partial charge in [-0.1, -0.05) is 29.8 Å². The number of halogens is 1. The van der Waals surface area contributed by atoms with Gasteiger partial charge in [0.15, 0.2) is 0 Å². The Morgan fingerprint density at radius 2 is 2.12 bits per heavy atom. The molecule has 122 valence electrons. The number of hydrogen-bond donors (Lipinski definition) is 1. The number of aryl methyl sites for hydroxylation is 1. The standard InChI is InChI=1S/C16H14ClN5O2/c1-21-10-13(8-20-21)12-4-2-3-11(5-12)7-18-16-15(17)6-14(9-19-16)22(23)24/h2-6,8-10H,7H2,1H3,(H,18,19). The van der Waals surface area contributed by atoms with E-state index in [4.69, 9.17) is 11.6 Å². The Bertz CT molecular complexity index is 894. The number of benzene rings is 1. The van der Waals surface area contributed by atoms with Gasteiger partial charge in [-0.2, -0.15) is 5.10 Å². The van der Waals surface area contributed by atoms with Crippen molar-refractivity contribution in [2.24, 2.45) is 7.05 Å². The molecule has 0 fully saturated rings. The quantitative estimate of drug-likeness (QED) is 0.564. The highest BCUT2D eigenvalue weighted by Crippen LogP contribution is 2.25. The topological polar surface area (TPSA) is 85.9 Å². The molecule has 7 nitrogen and oxygen atoms in total. The molecule has 2 heterocycles. The number of anilines is 1. The van der Waals surface area contributed by atoms with E-state index in [0.717, 1.165) is 16.7 Å². The van der Waals surface area contributed by atoms with E-state index in [1.165, 1.54) is 12.3 Å². The number of rotatable bonds is 5. The first-order chi connectivity index (χ1) is 11.5. The third-order valence-electron chi connectivity index (χ3n) is 3.46. The van der Waals surface area contributed by atoms with Gasteiger partial charge >= 0.3 is 0 Å². The molecule has 0 saturated carbocycles. The lowest BCUT2D eigenvalue weighted by atomic mass is 10.1. The van der Waals surface area contributed by atoms with Crippen molar-refractivity contribution >= 4 is 23.1 Å². The van der Waals surface area contributed by atoms with Gasteiger partial charge in [0, 0.05) is 31.4 Å². The Morgan fingerprint density at radius 1 is 1.29 bits per heavy atom. The summed E-state index contributed by atoms with van der Waals surface area (Å²) in [5, 5.41) is 18.2. The number of hydrogen-bond acceptors (Lipinski definition) is 5. The maximum absolute atomic E-state index is 10.7. The minimum Gasteiger partial charge on any atom is -0.365 e. The van der Waals surface area contributed by atoms with Crippen LogP contribution in [0.15, 0.2) is 48.9 Å². The second-order valence-electron chi connectivity index (χ2n) is 5.24. The highest BCUT2D eigenvalue weighted by molar-refractivity contribution is 6.33. The van der Waals surface area contributed by atoms with Gasteiger partial charge in [-0.3, -0.25) is 14.8 Å². The summed E-state index contributed by atoms with van der Waals surface area (Å²) in [5.74, 6) is 0.411. The third kappa shape index (κ3) is 3.52. The maximum Gasteiger partial charge on any atom is 0.289 e. The van der Waals surface area contributed by atoms with E-state index < -0.39 is 4.92 Å². The normalized spacial score (nSPS) is 10.6. The Labute approximate surface area is 143 Å². The van der Waals surface area contributed by atoms with Crippen LogP contribution in [0.3, 0.4) is 0 Å². The SMILES string of the molecule is Cn1cc(-c2cccc(CNc3ncc([N+](=O)[O-])cc3Cl)c2)cn1. The molecule has 0 unspecified atom stereocenters. The van der Waals surface area contributed by atoms with E-state index in [1.807, 2.05) is 37.5 Å². The van der Waals surface area contributed by atoms with Crippen LogP contribution in [0.2, 0.25) is 5.02 Å². The van der Waals surface area contributed by atoms with Crippen molar-refractivity contribution in [3.63, 3.8) is 0 Å². The van der Waals surface area contributed by atoms with Crippen LogP contribution in [0.1, 0.15) is 5.56 Å². The number of pyridine rings is 1. The fourth-order valence-electron chi connectivity index (χ4n) is 2.27. The largest absolute Gasteiger partial charge is 0.365 e. The summed E-state index contributed by atoms with van der Waals surface area (Å²) in [5.41, 5.74) is 2.99. The van der Waals surface area contributed by atoms with Crippen LogP contribution in [0.25, 0.3) is 11.1 Å². The predicted octanol–water partition coefficient (Wildman–Crippen LogP) is 3.66. The van der Waals surface area contributed by atoms with Crippen LogP contribution in [-0.4, -0.2) is 19.7 Å². The smallest absolute Gasteiger partial charge is 0.289 e. The van der Waals surface area contributed by atoms with Gasteiger partial charge in [-0.05, 0) is 17.2 Å². The van der Waals surface area contributed by atoms with E-state index in [-0.39, 0.29) is 10.7 Å². The fourth-order valence-corrected chi connectivity index (χ4v) is 2.50. The molecule has 0 spiro atoms. The van der Waals surface area contributed by atoms with Gasteiger partial charge in [-0.25, -0.2) is 4.98 Å². The first kappa shape index (κ1) is 15.9. The average molecular weight is 344 g/mol. The molecule has 0 aliphatic carbocycles. The minimum absolute atomic E-state index is 0.135. The van der Waals surface area contributed by atoms with Crippen molar-refractivity contribution in [1.82, 2.24) is 14.8 Å². The van der Waals surface area contributed by atoms with Gasteiger partial charge in [0.25, 0.3) is 5.69 Å². The zero-order chi connectivity index (χ0) is 17.1. The minimum atomic E-state index is -0.528. The first-order valence-electron chi connectivity index (χ1n) is 7.15. The molecule has 1 aromatic carbocycles. The average Bonchev–Trinajstić information content (AvgIpc) is 3.00. The molecule has 0 aliphatic rings. The summed E-state index contributed by atoms with van der Waals surface area (Å²) in [6, 6.07) is 9.28. The van der Waals surface area contributed by atoms with Crippen LogP contribution in [0.4, 0.5) is 11.5 Å². The molecule has 8 heteroatoms. The first-order valence-corrected chi connectivity index (χ1v) is 7.52. The molecule has 3 aromatic rings. The fraction of sp³-hybridized carbons (Fsp3) is 0.125. The van der Waals surface area contributed by atoms with Crippen LogP contribution in [0, 0.1) is 10.1 Å². The van der Waals surface area contributed by atoms with Gasteiger partial charge in [-0.15, -0.1) is 0 Å². The van der Waals surface area contributed by atoms with E-state index in [0.29, 0.717) is 12.4 Å². The van der Waals surface area contributed by atoms with Crippen LogP contribution < -0.4 is 5.32 Å². The Hall–Kier alpha value is -2.93. The van der Waals surface area contributed by atoms with Gasteiger partial charge in [0.1, 0.15) is 12.0 Å². The highest BCUT2D eigenvalue weighted by Gasteiger charge is 2.10. The molecule has 0 radical (unpaired) electrons. The van der Waals surface area contributed by atoms with Gasteiger partial charge in [0.05, 0.1) is 16.1 Å². The summed E-state index contributed by atoms with van der Waals surface area (Å²) < 4.78 is 1.75. The van der Waals surface area contributed by atoms with Crippen LogP contribution in [0.5, 0.6) is 0 Å². The summed E-state index contributed by atoms with van der Waals surface area (Å²) in [6.45, 7) is 0.499. The van der Waals surface area contributed by atoms with Crippen molar-refractivity contribution in [2.45, 2.75) is 6.54 Å². The van der Waals surface area contributed by atoms with Crippen molar-refractivity contribution in [1.29, 1.82) is 0 Å². The van der Waals surface area contributed by atoms with Crippen molar-refractivity contribution in [2.75, 3.05) is 5.32 Å². The summed E-state index contributed by atoms with van der Waals surface area (Å²) >= 11 is 6.03. The second kappa shape index (κ2) is 6.67. The maximum atomic E-state index is 10.7. The van der Waals surface area contributed by atoms with E-state index in [9.17, 15) is 10.1 Å². The number of nitrogens with one attached hydrogen (secondary N) is 1. The number of aromatic nitrogens is 3. The summed E-state index contributed by atoms with van der Waals surface area (Å²) in [6.07, 6.45) is 4.93. The van der Waals surface area contributed by atoms with E-state index >= 15 is 0 Å². The Kier molecular flexibility index (Phi) is 4.43. The zero-order valence-electron chi connectivity index (χ0n) is 12.8. The van der Waals surface area contributed by atoms with E-state index in [1.54, 1.807) is 10.9 Å². The lowest BCUT2D eigenvalue weighted by Crippen LogP contribution is -2.02. The zero-order valence-corrected chi connectivity index (χ0v) is 13.6. The monoisotopic (exact) mass is 343 g/mol. The second-order valence-corrected chi connectivity index (χ2v) is 5.64. The molecule has 2 aromatic heterocycles. The predicted molar refractivity (Wildman–Crippen MR) is 91.9 cm³/mol. The molecular weight excluding hydrogens is 330 g/mol. The Balaban J connectivity index is 1.74. The number of nitro groups is 1. The van der Waals surface area contributed by atoms with Gasteiger partial charge < -0.3 is 5.32 Å². The lowest BCUT2D eigenvalue weighted by Gasteiger charge is -2.08. The van der Waals surface area contributed by atoms with Crippen LogP contribution in [-0.2, 0) is 13.6 Å². The molecule has 3 rings (SSSR count). The van der Waals surface area contributed by atoms with Crippen LogP contribution >= 0.6 is 11.6 Å². The molecule has 0 atom stereocenters. The van der Waals surface area contributed by atoms with E-state index in [2.05, 4.69) is 15.4 Å². The summed E-state index contributed by atoms with van der Waals surface area (Å²) in [7, 11) is 1.87. The molecule has 0 bridgehead atoms. The molecule has 1 N–H and O–H groups in total. The molecule has 0 saturated heterocycles. The summed E-state index contributed by atoms with van der Waals surface area (Å²) in [4.78, 5) is 14.2. The molecule has 0 aliphatic heterocycles. The van der Waals surface area contributed by atoms with Crippen molar-refractivity contribution < 1.29 is 4.92 Å². The van der Waals surface area contributed by atoms with Gasteiger partial charge in [0.2, 0.25) is 0 Å². The van der Waals surface area contributed by atoms with Crippen molar-refractivity contribution in [3.8, 4) is 11.1 Å². The number of nitrogens with zero attached hydrogens (tertiary/aromatic N) is 4.